The first kappa shape index (κ1) is 26.0. The molecule has 0 spiro atoms. The van der Waals surface area contributed by atoms with Gasteiger partial charge in [-0.3, -0.25) is 9.52 Å². The first-order valence-electron chi connectivity index (χ1n) is 12.2. The fraction of sp³-hybridized carbons (Fsp3) is 0.133. The Morgan fingerprint density at radius 1 is 0.846 bits per heavy atom. The van der Waals surface area contributed by atoms with Gasteiger partial charge in [0, 0.05) is 16.3 Å². The van der Waals surface area contributed by atoms with Crippen LogP contribution in [0.1, 0.15) is 36.7 Å². The number of hydrogen-bond donors (Lipinski definition) is 2. The van der Waals surface area contributed by atoms with Crippen molar-refractivity contribution in [2.75, 3.05) is 4.72 Å². The number of nitrogens with one attached hydrogen (secondary N) is 1. The predicted octanol–water partition coefficient (Wildman–Crippen LogP) is 5.53. The van der Waals surface area contributed by atoms with E-state index in [2.05, 4.69) is 4.72 Å². The highest BCUT2D eigenvalue weighted by atomic mass is 32.2. The fourth-order valence-corrected chi connectivity index (χ4v) is 5.50. The average Bonchev–Trinajstić information content (AvgIpc) is 3.18. The maximum atomic E-state index is 13.4. The summed E-state index contributed by atoms with van der Waals surface area (Å²) in [6, 6.07) is 24.9. The number of sulfonamides is 1. The van der Waals surface area contributed by atoms with Crippen LogP contribution < -0.4 is 9.56 Å². The largest absolute Gasteiger partial charge is 0.492 e. The van der Waals surface area contributed by atoms with Crippen molar-refractivity contribution in [1.29, 1.82) is 0 Å². The first-order valence-corrected chi connectivity index (χ1v) is 13.7. The Morgan fingerprint density at radius 2 is 1.51 bits per heavy atom. The molecule has 0 radical (unpaired) electrons. The Balaban J connectivity index is 1.63. The molecular weight excluding hydrogens is 516 g/mol. The van der Waals surface area contributed by atoms with Crippen molar-refractivity contribution in [3.63, 3.8) is 0 Å². The number of ketones is 1. The lowest BCUT2D eigenvalue weighted by Gasteiger charge is -2.17. The van der Waals surface area contributed by atoms with Crippen LogP contribution in [0.5, 0.6) is 5.88 Å². The lowest BCUT2D eigenvalue weighted by Crippen LogP contribution is -2.31. The molecule has 0 aliphatic heterocycles. The number of anilines is 1. The monoisotopic (exact) mass is 542 g/mol. The number of rotatable bonds is 6. The topological polar surface area (TPSA) is 115 Å². The Bertz CT molecular complexity index is 1850. The zero-order chi connectivity index (χ0) is 27.9. The number of aromatic nitrogens is 1. The molecule has 39 heavy (non-hydrogen) atoms. The normalized spacial score (nSPS) is 12.0. The number of carbonyl (C=O) groups is 2. The summed E-state index contributed by atoms with van der Waals surface area (Å²) in [5, 5.41) is 12.7. The van der Waals surface area contributed by atoms with Crippen molar-refractivity contribution in [2.24, 2.45) is 5.41 Å². The minimum atomic E-state index is -4.03. The Kier molecular flexibility index (Phi) is 6.40. The molecule has 0 aliphatic carbocycles. The van der Waals surface area contributed by atoms with Gasteiger partial charge in [-0.05, 0) is 50.4 Å². The first-order chi connectivity index (χ1) is 18.5. The summed E-state index contributed by atoms with van der Waals surface area (Å²) in [5.74, 6) is -1.70. The van der Waals surface area contributed by atoms with Gasteiger partial charge in [-0.25, -0.2) is 13.2 Å². The second-order valence-electron chi connectivity index (χ2n) is 10.1. The van der Waals surface area contributed by atoms with Crippen LogP contribution in [-0.2, 0) is 14.8 Å². The minimum absolute atomic E-state index is 0.0682. The van der Waals surface area contributed by atoms with Crippen LogP contribution in [0.25, 0.3) is 21.7 Å². The van der Waals surface area contributed by atoms with E-state index in [-0.39, 0.29) is 27.0 Å². The molecule has 8 nitrogen and oxygen atoms in total. The summed E-state index contributed by atoms with van der Waals surface area (Å²) >= 11 is 0. The molecule has 1 aromatic heterocycles. The summed E-state index contributed by atoms with van der Waals surface area (Å²) in [7, 11) is -4.03. The van der Waals surface area contributed by atoms with E-state index < -0.39 is 33.1 Å². The summed E-state index contributed by atoms with van der Waals surface area (Å²) in [5.41, 5.74) is -0.362. The third-order valence-corrected chi connectivity index (χ3v) is 7.68. The van der Waals surface area contributed by atoms with E-state index in [1.165, 1.54) is 24.3 Å². The average molecular weight is 543 g/mol. The molecule has 0 atom stereocenters. The molecule has 198 valence electrons. The maximum absolute atomic E-state index is 13.4. The number of benzene rings is 4. The maximum Gasteiger partial charge on any atom is 0.338 e. The summed E-state index contributed by atoms with van der Waals surface area (Å²) in [4.78, 5) is 31.7. The van der Waals surface area contributed by atoms with Gasteiger partial charge in [0.15, 0.2) is 5.78 Å². The summed E-state index contributed by atoms with van der Waals surface area (Å²) in [6.07, 6.45) is 0. The molecule has 0 aliphatic rings. The van der Waals surface area contributed by atoms with Crippen LogP contribution in [0.2, 0.25) is 0 Å². The smallest absolute Gasteiger partial charge is 0.338 e. The third-order valence-electron chi connectivity index (χ3n) is 6.24. The highest BCUT2D eigenvalue weighted by Gasteiger charge is 2.30. The van der Waals surface area contributed by atoms with Crippen molar-refractivity contribution in [1.82, 2.24) is 4.73 Å². The zero-order valence-corrected chi connectivity index (χ0v) is 22.3. The molecule has 0 fully saturated rings. The van der Waals surface area contributed by atoms with Crippen LogP contribution in [-0.4, -0.2) is 30.0 Å². The number of aromatic hydroxyl groups is 1. The van der Waals surface area contributed by atoms with Crippen LogP contribution in [0, 0.1) is 5.41 Å². The van der Waals surface area contributed by atoms with E-state index in [1.54, 1.807) is 69.3 Å². The molecular formula is C30H26N2O6S. The van der Waals surface area contributed by atoms with Crippen molar-refractivity contribution in [3.05, 3.63) is 102 Å². The zero-order valence-electron chi connectivity index (χ0n) is 21.5. The molecule has 0 amide bonds. The molecule has 1 heterocycles. The number of nitrogens with zero attached hydrogens (tertiary/aromatic N) is 1. The van der Waals surface area contributed by atoms with Crippen LogP contribution in [0.3, 0.4) is 0 Å². The molecule has 0 unspecified atom stereocenters. The number of hydrogen-bond acceptors (Lipinski definition) is 6. The number of carbonyl (C=O) groups excluding carboxylic acids is 2. The lowest BCUT2D eigenvalue weighted by atomic mass is 9.98. The van der Waals surface area contributed by atoms with Crippen molar-refractivity contribution in [3.8, 4) is 5.88 Å². The van der Waals surface area contributed by atoms with Gasteiger partial charge in [0.2, 0.25) is 5.88 Å². The standard InChI is InChI=1S/C30H26N2O6S/c1-30(2,3)29(35)38-32-24-18-21(31-39(36,37)25-15-9-13-19-10-7-8-14-22(19)25)16-17-23(24)26(28(32)34)27(33)20-11-5-4-6-12-20/h4-18,31,34H,1-3H3. The minimum Gasteiger partial charge on any atom is -0.492 e. The van der Waals surface area contributed by atoms with Gasteiger partial charge in [-0.1, -0.05) is 66.7 Å². The highest BCUT2D eigenvalue weighted by molar-refractivity contribution is 7.93. The second-order valence-corrected chi connectivity index (χ2v) is 11.8. The Labute approximate surface area is 225 Å². The SMILES string of the molecule is CC(C)(C)C(=O)On1c(O)c(C(=O)c2ccccc2)c2ccc(NS(=O)(=O)c3cccc4ccccc34)cc21. The molecule has 9 heteroatoms. The van der Waals surface area contributed by atoms with Crippen LogP contribution >= 0.6 is 0 Å². The fourth-order valence-electron chi connectivity index (χ4n) is 4.22. The van der Waals surface area contributed by atoms with E-state index in [0.717, 1.165) is 10.1 Å². The lowest BCUT2D eigenvalue weighted by molar-refractivity contribution is -0.153. The van der Waals surface area contributed by atoms with Gasteiger partial charge in [-0.15, -0.1) is 4.73 Å². The second kappa shape index (κ2) is 9.59. The summed E-state index contributed by atoms with van der Waals surface area (Å²) < 4.78 is 30.2. The van der Waals surface area contributed by atoms with Gasteiger partial charge in [0.05, 0.1) is 27.1 Å². The molecule has 2 N–H and O–H groups in total. The van der Waals surface area contributed by atoms with Crippen LogP contribution in [0.15, 0.2) is 95.9 Å². The predicted molar refractivity (Wildman–Crippen MR) is 149 cm³/mol. The molecule has 5 rings (SSSR count). The van der Waals surface area contributed by atoms with Crippen molar-refractivity contribution in [2.45, 2.75) is 25.7 Å². The van der Waals surface area contributed by atoms with Gasteiger partial charge in [0.25, 0.3) is 10.0 Å². The molecule has 4 aromatic carbocycles. The van der Waals surface area contributed by atoms with Gasteiger partial charge >= 0.3 is 5.97 Å². The van der Waals surface area contributed by atoms with Gasteiger partial charge in [0.1, 0.15) is 0 Å². The Morgan fingerprint density at radius 3 is 2.23 bits per heavy atom. The quantitative estimate of drug-likeness (QED) is 0.273. The van der Waals surface area contributed by atoms with E-state index in [4.69, 9.17) is 4.84 Å². The van der Waals surface area contributed by atoms with Crippen molar-refractivity contribution >= 4 is 49.1 Å². The van der Waals surface area contributed by atoms with E-state index in [1.807, 2.05) is 18.2 Å². The molecule has 0 saturated carbocycles. The van der Waals surface area contributed by atoms with Crippen LogP contribution in [0.4, 0.5) is 5.69 Å². The van der Waals surface area contributed by atoms with E-state index in [0.29, 0.717) is 10.9 Å². The van der Waals surface area contributed by atoms with E-state index >= 15 is 0 Å². The van der Waals surface area contributed by atoms with Crippen molar-refractivity contribution < 1.29 is 28.0 Å². The third kappa shape index (κ3) is 4.84. The van der Waals surface area contributed by atoms with Gasteiger partial charge in [-0.2, -0.15) is 0 Å². The van der Waals surface area contributed by atoms with Gasteiger partial charge < -0.3 is 9.94 Å². The molecule has 5 aromatic rings. The van der Waals surface area contributed by atoms with E-state index in [9.17, 15) is 23.1 Å². The number of fused-ring (bicyclic) bond motifs is 2. The molecule has 0 bridgehead atoms. The highest BCUT2D eigenvalue weighted by Crippen LogP contribution is 2.35. The Hall–Kier alpha value is -4.63. The summed E-state index contributed by atoms with van der Waals surface area (Å²) in [6.45, 7) is 4.95. The molecule has 0 saturated heterocycles.